The van der Waals surface area contributed by atoms with E-state index in [1.165, 1.54) is 24.0 Å². The Kier molecular flexibility index (Phi) is 4.38. The average Bonchev–Trinajstić information content (AvgIpc) is 2.59. The number of benzene rings is 1. The van der Waals surface area contributed by atoms with Gasteiger partial charge in [0, 0.05) is 30.9 Å². The third-order valence-corrected chi connectivity index (χ3v) is 4.28. The highest BCUT2D eigenvalue weighted by molar-refractivity contribution is 6.35. The van der Waals surface area contributed by atoms with Crippen molar-refractivity contribution in [1.29, 1.82) is 0 Å². The minimum absolute atomic E-state index is 0.0860. The number of hydrogen-bond donors (Lipinski definition) is 0. The van der Waals surface area contributed by atoms with E-state index in [-0.39, 0.29) is 17.9 Å². The predicted molar refractivity (Wildman–Crippen MR) is 91.6 cm³/mol. The van der Waals surface area contributed by atoms with Gasteiger partial charge in [0.05, 0.1) is 26.5 Å². The average molecular weight is 369 g/mol. The zero-order chi connectivity index (χ0) is 17.4. The number of urea groups is 1. The molecule has 0 radical (unpaired) electrons. The molecule has 1 aliphatic heterocycles. The molecule has 0 bridgehead atoms. The van der Waals surface area contributed by atoms with Crippen LogP contribution in [0.15, 0.2) is 18.3 Å². The molecule has 3 rings (SSSR count). The summed E-state index contributed by atoms with van der Waals surface area (Å²) in [6, 6.07) is 3.04. The summed E-state index contributed by atoms with van der Waals surface area (Å²) in [5.74, 6) is 1.42. The molecule has 126 valence electrons. The van der Waals surface area contributed by atoms with Crippen LogP contribution in [0.3, 0.4) is 0 Å². The highest BCUT2D eigenvalue weighted by atomic mass is 35.5. The van der Waals surface area contributed by atoms with Crippen molar-refractivity contribution in [3.63, 3.8) is 0 Å². The van der Waals surface area contributed by atoms with Crippen molar-refractivity contribution in [2.45, 2.75) is 6.54 Å². The van der Waals surface area contributed by atoms with E-state index in [9.17, 15) is 4.79 Å². The summed E-state index contributed by atoms with van der Waals surface area (Å²) in [5.41, 5.74) is 1.23. The Hall–Kier alpha value is -2.25. The Bertz CT molecular complexity index is 816. The van der Waals surface area contributed by atoms with Gasteiger partial charge in [-0.3, -0.25) is 9.80 Å². The van der Waals surface area contributed by atoms with E-state index in [0.717, 1.165) is 5.56 Å². The lowest BCUT2D eigenvalue weighted by molar-refractivity contribution is 0.251. The third-order valence-electron chi connectivity index (χ3n) is 3.72. The molecule has 7 nitrogen and oxygen atoms in total. The number of halogens is 2. The number of hydrogen-bond acceptors (Lipinski definition) is 5. The number of carbonyl (C=O) groups is 1. The number of ether oxygens (including phenoxy) is 2. The van der Waals surface area contributed by atoms with Crippen molar-refractivity contribution in [3.05, 3.63) is 34.2 Å². The van der Waals surface area contributed by atoms with Crippen LogP contribution in [-0.2, 0) is 6.54 Å². The fraction of sp³-hybridized carbons (Fsp3) is 0.267. The number of aromatic nitrogens is 2. The largest absolute Gasteiger partial charge is 0.497 e. The van der Waals surface area contributed by atoms with Gasteiger partial charge in [-0.2, -0.15) is 4.98 Å². The maximum atomic E-state index is 12.8. The molecular formula is C15H14Cl2N4O3. The third kappa shape index (κ3) is 2.70. The molecule has 0 atom stereocenters. The van der Waals surface area contributed by atoms with Crippen LogP contribution in [0.25, 0.3) is 0 Å². The van der Waals surface area contributed by atoms with Crippen LogP contribution in [0.4, 0.5) is 16.3 Å². The van der Waals surface area contributed by atoms with Crippen LogP contribution >= 0.6 is 23.2 Å². The van der Waals surface area contributed by atoms with Crippen LogP contribution in [-0.4, -0.2) is 37.3 Å². The molecule has 1 aromatic heterocycles. The Morgan fingerprint density at radius 1 is 1.21 bits per heavy atom. The molecule has 0 aliphatic carbocycles. The second-order valence-corrected chi connectivity index (χ2v) is 5.79. The monoisotopic (exact) mass is 368 g/mol. The molecule has 0 N–H and O–H groups in total. The Morgan fingerprint density at radius 2 is 1.96 bits per heavy atom. The first-order valence-electron chi connectivity index (χ1n) is 6.94. The van der Waals surface area contributed by atoms with Gasteiger partial charge in [0.25, 0.3) is 0 Å². The SMILES string of the molecule is COc1cc(OC)c(Cl)c(N2Cc3cnc(Cl)nc3N(C)C2=O)c1. The van der Waals surface area contributed by atoms with Gasteiger partial charge in [-0.15, -0.1) is 0 Å². The van der Waals surface area contributed by atoms with Crippen molar-refractivity contribution in [1.82, 2.24) is 9.97 Å². The minimum Gasteiger partial charge on any atom is -0.497 e. The standard InChI is InChI=1S/C15H14Cl2N4O3/c1-20-13-8(6-18-14(17)19-13)7-21(15(20)22)10-4-9(23-2)5-11(24-3)12(10)16/h4-6H,7H2,1-3H3. The van der Waals surface area contributed by atoms with Gasteiger partial charge in [0.2, 0.25) is 5.28 Å². The fourth-order valence-corrected chi connectivity index (χ4v) is 2.92. The van der Waals surface area contributed by atoms with Crippen LogP contribution in [0.2, 0.25) is 10.3 Å². The molecule has 2 heterocycles. The summed E-state index contributed by atoms with van der Waals surface area (Å²) in [5, 5.41) is 0.404. The number of fused-ring (bicyclic) bond motifs is 1. The molecule has 0 unspecified atom stereocenters. The summed E-state index contributed by atoms with van der Waals surface area (Å²) < 4.78 is 10.5. The zero-order valence-corrected chi connectivity index (χ0v) is 14.7. The highest BCUT2D eigenvalue weighted by Gasteiger charge is 2.32. The van der Waals surface area contributed by atoms with Crippen molar-refractivity contribution in [2.24, 2.45) is 0 Å². The summed E-state index contributed by atoms with van der Waals surface area (Å²) in [4.78, 5) is 23.8. The number of nitrogens with zero attached hydrogens (tertiary/aromatic N) is 4. The molecule has 0 saturated carbocycles. The molecule has 1 aromatic carbocycles. The van der Waals surface area contributed by atoms with Gasteiger partial charge in [0.1, 0.15) is 22.3 Å². The van der Waals surface area contributed by atoms with Gasteiger partial charge in [0.15, 0.2) is 0 Å². The van der Waals surface area contributed by atoms with Gasteiger partial charge in [-0.1, -0.05) is 11.6 Å². The summed E-state index contributed by atoms with van der Waals surface area (Å²) in [6.45, 7) is 0.256. The van der Waals surface area contributed by atoms with E-state index < -0.39 is 0 Å². The molecule has 0 saturated heterocycles. The van der Waals surface area contributed by atoms with E-state index in [1.54, 1.807) is 25.4 Å². The maximum Gasteiger partial charge on any atom is 0.330 e. The summed E-state index contributed by atoms with van der Waals surface area (Å²) in [7, 11) is 4.64. The van der Waals surface area contributed by atoms with E-state index in [4.69, 9.17) is 32.7 Å². The van der Waals surface area contributed by atoms with Crippen LogP contribution in [0.1, 0.15) is 5.56 Å². The minimum atomic E-state index is -0.297. The second-order valence-electron chi connectivity index (χ2n) is 5.08. The van der Waals surface area contributed by atoms with Gasteiger partial charge in [-0.25, -0.2) is 9.78 Å². The number of methoxy groups -OCH3 is 2. The topological polar surface area (TPSA) is 67.8 Å². The first-order chi connectivity index (χ1) is 11.5. The lowest BCUT2D eigenvalue weighted by atomic mass is 10.2. The fourth-order valence-electron chi connectivity index (χ4n) is 2.50. The Balaban J connectivity index is 2.10. The van der Waals surface area contributed by atoms with E-state index in [2.05, 4.69) is 9.97 Å². The molecule has 24 heavy (non-hydrogen) atoms. The van der Waals surface area contributed by atoms with Crippen molar-refractivity contribution >= 4 is 40.7 Å². The molecule has 2 amide bonds. The smallest absolute Gasteiger partial charge is 0.330 e. The van der Waals surface area contributed by atoms with Crippen LogP contribution in [0.5, 0.6) is 11.5 Å². The van der Waals surface area contributed by atoms with E-state index in [1.807, 2.05) is 0 Å². The summed E-state index contributed by atoms with van der Waals surface area (Å²) in [6.07, 6.45) is 1.59. The summed E-state index contributed by atoms with van der Waals surface area (Å²) >= 11 is 12.2. The quantitative estimate of drug-likeness (QED) is 0.776. The first-order valence-corrected chi connectivity index (χ1v) is 7.70. The highest BCUT2D eigenvalue weighted by Crippen LogP contribution is 2.41. The van der Waals surface area contributed by atoms with E-state index >= 15 is 0 Å². The second kappa shape index (κ2) is 6.33. The lowest BCUT2D eigenvalue weighted by Crippen LogP contribution is -2.46. The molecule has 1 aliphatic rings. The lowest BCUT2D eigenvalue weighted by Gasteiger charge is -2.34. The van der Waals surface area contributed by atoms with Gasteiger partial charge < -0.3 is 9.47 Å². The number of amides is 2. The van der Waals surface area contributed by atoms with Crippen molar-refractivity contribution in [3.8, 4) is 11.5 Å². The number of anilines is 2. The molecule has 0 spiro atoms. The van der Waals surface area contributed by atoms with Crippen LogP contribution in [0, 0.1) is 0 Å². The Morgan fingerprint density at radius 3 is 2.62 bits per heavy atom. The van der Waals surface area contributed by atoms with Crippen LogP contribution < -0.4 is 19.3 Å². The first kappa shape index (κ1) is 16.6. The molecular weight excluding hydrogens is 355 g/mol. The Labute approximate surface area is 148 Å². The number of rotatable bonds is 3. The predicted octanol–water partition coefficient (Wildman–Crippen LogP) is 3.38. The zero-order valence-electron chi connectivity index (χ0n) is 13.2. The van der Waals surface area contributed by atoms with Gasteiger partial charge in [-0.05, 0) is 11.6 Å². The molecule has 2 aromatic rings. The van der Waals surface area contributed by atoms with Crippen molar-refractivity contribution in [2.75, 3.05) is 31.1 Å². The van der Waals surface area contributed by atoms with Crippen molar-refractivity contribution < 1.29 is 14.3 Å². The maximum absolute atomic E-state index is 12.8. The number of carbonyl (C=O) groups excluding carboxylic acids is 1. The van der Waals surface area contributed by atoms with Gasteiger partial charge >= 0.3 is 6.03 Å². The van der Waals surface area contributed by atoms with E-state index in [0.29, 0.717) is 28.0 Å². The molecule has 0 fully saturated rings. The molecule has 9 heteroatoms. The normalized spacial score (nSPS) is 13.8.